The molecule has 4 nitrogen and oxygen atoms in total. The lowest BCUT2D eigenvalue weighted by Gasteiger charge is -2.15. The van der Waals surface area contributed by atoms with Crippen molar-refractivity contribution in [2.75, 3.05) is 6.54 Å². The van der Waals surface area contributed by atoms with Crippen molar-refractivity contribution in [1.29, 1.82) is 0 Å². The highest BCUT2D eigenvalue weighted by Crippen LogP contribution is 2.16. The molecule has 0 saturated heterocycles. The second kappa shape index (κ2) is 7.79. The molecule has 0 aliphatic rings. The van der Waals surface area contributed by atoms with Gasteiger partial charge in [-0.2, -0.15) is 0 Å². The predicted molar refractivity (Wildman–Crippen MR) is 76.1 cm³/mol. The number of halogens is 1. The number of hydrogen-bond donors (Lipinski definition) is 2. The van der Waals surface area contributed by atoms with Gasteiger partial charge in [-0.15, -0.1) is 0 Å². The van der Waals surface area contributed by atoms with E-state index < -0.39 is 0 Å². The molecule has 0 aliphatic carbocycles. The van der Waals surface area contributed by atoms with E-state index >= 15 is 0 Å². The standard InChI is InChI=1S/C14H19ClN2O2/c1-3-13(18)16-9-14(19)17-10(2)8-11-6-4-5-7-12(11)15/h4-7,10H,3,8-9H2,1-2H3,(H,16,18)(H,17,19)/t10-/m0/s1. The Morgan fingerprint density at radius 3 is 2.58 bits per heavy atom. The molecular weight excluding hydrogens is 264 g/mol. The number of carbonyl (C=O) groups excluding carboxylic acids is 2. The highest BCUT2D eigenvalue weighted by molar-refractivity contribution is 6.31. The average Bonchev–Trinajstić information content (AvgIpc) is 2.38. The summed E-state index contributed by atoms with van der Waals surface area (Å²) in [5.74, 6) is -0.324. The molecule has 0 bridgehead atoms. The molecule has 2 amide bonds. The molecule has 2 N–H and O–H groups in total. The SMILES string of the molecule is CCC(=O)NCC(=O)N[C@@H](C)Cc1ccccc1Cl. The molecule has 5 heteroatoms. The Morgan fingerprint density at radius 2 is 1.95 bits per heavy atom. The van der Waals surface area contributed by atoms with Gasteiger partial charge in [0.25, 0.3) is 0 Å². The zero-order valence-electron chi connectivity index (χ0n) is 11.2. The van der Waals surface area contributed by atoms with Crippen LogP contribution in [0.4, 0.5) is 0 Å². The highest BCUT2D eigenvalue weighted by atomic mass is 35.5. The Balaban J connectivity index is 2.39. The summed E-state index contributed by atoms with van der Waals surface area (Å²) in [5, 5.41) is 6.06. The summed E-state index contributed by atoms with van der Waals surface area (Å²) in [6.45, 7) is 3.66. The molecule has 19 heavy (non-hydrogen) atoms. The molecule has 1 rings (SSSR count). The van der Waals surface area contributed by atoms with Crippen LogP contribution >= 0.6 is 11.6 Å². The summed E-state index contributed by atoms with van der Waals surface area (Å²) < 4.78 is 0. The zero-order valence-corrected chi connectivity index (χ0v) is 12.0. The van der Waals surface area contributed by atoms with Crippen LogP contribution in [0, 0.1) is 0 Å². The van der Waals surface area contributed by atoms with Crippen molar-refractivity contribution in [2.45, 2.75) is 32.7 Å². The van der Waals surface area contributed by atoms with Crippen molar-refractivity contribution in [3.63, 3.8) is 0 Å². The summed E-state index contributed by atoms with van der Waals surface area (Å²) in [7, 11) is 0. The van der Waals surface area contributed by atoms with Crippen LogP contribution < -0.4 is 10.6 Å². The minimum atomic E-state index is -0.193. The molecule has 0 saturated carbocycles. The summed E-state index contributed by atoms with van der Waals surface area (Å²) in [6.07, 6.45) is 1.04. The van der Waals surface area contributed by atoms with Crippen molar-refractivity contribution in [3.05, 3.63) is 34.9 Å². The Kier molecular flexibility index (Phi) is 6.36. The molecule has 104 valence electrons. The third-order valence-electron chi connectivity index (χ3n) is 2.66. The topological polar surface area (TPSA) is 58.2 Å². The van der Waals surface area contributed by atoms with Crippen LogP contribution in [0.3, 0.4) is 0 Å². The van der Waals surface area contributed by atoms with E-state index in [1.54, 1.807) is 6.92 Å². The fourth-order valence-corrected chi connectivity index (χ4v) is 1.89. The van der Waals surface area contributed by atoms with Gasteiger partial charge >= 0.3 is 0 Å². The summed E-state index contributed by atoms with van der Waals surface area (Å²) in [6, 6.07) is 7.51. The van der Waals surface area contributed by atoms with Gasteiger partial charge in [0.05, 0.1) is 6.54 Å². The molecular formula is C14H19ClN2O2. The molecule has 0 heterocycles. The van der Waals surface area contributed by atoms with Crippen LogP contribution in [0.1, 0.15) is 25.8 Å². The normalized spacial score (nSPS) is 11.7. The van der Waals surface area contributed by atoms with Gasteiger partial charge in [-0.3, -0.25) is 9.59 Å². The minimum absolute atomic E-state index is 0.0134. The van der Waals surface area contributed by atoms with Crippen LogP contribution in [0.5, 0.6) is 0 Å². The zero-order chi connectivity index (χ0) is 14.3. The van der Waals surface area contributed by atoms with Crippen LogP contribution in [-0.4, -0.2) is 24.4 Å². The first-order chi connectivity index (χ1) is 9.02. The fourth-order valence-electron chi connectivity index (χ4n) is 1.67. The molecule has 0 spiro atoms. The number of benzene rings is 1. The van der Waals surface area contributed by atoms with Crippen LogP contribution in [0.2, 0.25) is 5.02 Å². The second-order valence-corrected chi connectivity index (χ2v) is 4.80. The Hall–Kier alpha value is -1.55. The maximum Gasteiger partial charge on any atom is 0.239 e. The first-order valence-electron chi connectivity index (χ1n) is 6.32. The van der Waals surface area contributed by atoms with Gasteiger partial charge in [-0.25, -0.2) is 0 Å². The predicted octanol–water partition coefficient (Wildman–Crippen LogP) is 1.91. The van der Waals surface area contributed by atoms with Gasteiger partial charge in [0, 0.05) is 17.5 Å². The molecule has 0 aromatic heterocycles. The first kappa shape index (κ1) is 15.5. The summed E-state index contributed by atoms with van der Waals surface area (Å²) in [5.41, 5.74) is 0.995. The first-order valence-corrected chi connectivity index (χ1v) is 6.70. The smallest absolute Gasteiger partial charge is 0.239 e. The van der Waals surface area contributed by atoms with Gasteiger partial charge < -0.3 is 10.6 Å². The number of rotatable bonds is 6. The number of amides is 2. The summed E-state index contributed by atoms with van der Waals surface area (Å²) >= 11 is 6.06. The van der Waals surface area contributed by atoms with Crippen LogP contribution in [0.15, 0.2) is 24.3 Å². The lowest BCUT2D eigenvalue weighted by Crippen LogP contribution is -2.41. The Bertz CT molecular complexity index is 449. The molecule has 1 atom stereocenters. The van der Waals surface area contributed by atoms with E-state index in [-0.39, 0.29) is 24.4 Å². The highest BCUT2D eigenvalue weighted by Gasteiger charge is 2.10. The molecule has 0 unspecified atom stereocenters. The second-order valence-electron chi connectivity index (χ2n) is 4.39. The third-order valence-corrected chi connectivity index (χ3v) is 3.03. The van der Waals surface area contributed by atoms with Crippen LogP contribution in [0.25, 0.3) is 0 Å². The van der Waals surface area contributed by atoms with Crippen molar-refractivity contribution < 1.29 is 9.59 Å². The molecule has 0 fully saturated rings. The Labute approximate surface area is 118 Å². The molecule has 0 aliphatic heterocycles. The van der Waals surface area contributed by atoms with Crippen molar-refractivity contribution in [3.8, 4) is 0 Å². The van der Waals surface area contributed by atoms with Crippen molar-refractivity contribution >= 4 is 23.4 Å². The van der Waals surface area contributed by atoms with E-state index in [0.717, 1.165) is 5.56 Å². The van der Waals surface area contributed by atoms with Crippen LogP contribution in [-0.2, 0) is 16.0 Å². The summed E-state index contributed by atoms with van der Waals surface area (Å²) in [4.78, 5) is 22.6. The van der Waals surface area contributed by atoms with E-state index in [1.165, 1.54) is 0 Å². The molecule has 1 aromatic rings. The number of hydrogen-bond acceptors (Lipinski definition) is 2. The van der Waals surface area contributed by atoms with Gasteiger partial charge in [-0.1, -0.05) is 36.7 Å². The maximum atomic E-state index is 11.6. The van der Waals surface area contributed by atoms with Crippen molar-refractivity contribution in [1.82, 2.24) is 10.6 Å². The van der Waals surface area contributed by atoms with Gasteiger partial charge in [-0.05, 0) is 25.0 Å². The van der Waals surface area contributed by atoms with E-state index in [9.17, 15) is 9.59 Å². The minimum Gasteiger partial charge on any atom is -0.352 e. The third kappa shape index (κ3) is 5.75. The lowest BCUT2D eigenvalue weighted by molar-refractivity contribution is -0.126. The van der Waals surface area contributed by atoms with E-state index in [4.69, 9.17) is 11.6 Å². The van der Waals surface area contributed by atoms with Gasteiger partial charge in [0.2, 0.25) is 11.8 Å². The Morgan fingerprint density at radius 1 is 1.26 bits per heavy atom. The van der Waals surface area contributed by atoms with E-state index in [2.05, 4.69) is 10.6 Å². The fraction of sp³-hybridized carbons (Fsp3) is 0.429. The monoisotopic (exact) mass is 282 g/mol. The molecule has 0 radical (unpaired) electrons. The lowest BCUT2D eigenvalue weighted by atomic mass is 10.1. The maximum absolute atomic E-state index is 11.6. The van der Waals surface area contributed by atoms with E-state index in [1.807, 2.05) is 31.2 Å². The average molecular weight is 283 g/mol. The number of carbonyl (C=O) groups is 2. The van der Waals surface area contributed by atoms with Gasteiger partial charge in [0.1, 0.15) is 0 Å². The number of nitrogens with one attached hydrogen (secondary N) is 2. The van der Waals surface area contributed by atoms with Gasteiger partial charge in [0.15, 0.2) is 0 Å². The van der Waals surface area contributed by atoms with E-state index in [0.29, 0.717) is 17.9 Å². The quantitative estimate of drug-likeness (QED) is 0.837. The largest absolute Gasteiger partial charge is 0.352 e. The molecule has 1 aromatic carbocycles. The van der Waals surface area contributed by atoms with Crippen molar-refractivity contribution in [2.24, 2.45) is 0 Å².